The maximum Gasteiger partial charge on any atom is 0.149 e. The van der Waals surface area contributed by atoms with E-state index in [0.717, 1.165) is 63.3 Å². The molecule has 3 aliphatic carbocycles. The number of aliphatic hydroxyl groups is 1. The summed E-state index contributed by atoms with van der Waals surface area (Å²) >= 11 is 1.60. The van der Waals surface area contributed by atoms with Crippen molar-refractivity contribution in [2.45, 2.75) is 52.6 Å². The number of hydrogen-bond acceptors (Lipinski definition) is 7. The Balaban J connectivity index is 1.44. The van der Waals surface area contributed by atoms with E-state index in [9.17, 15) is 5.11 Å². The monoisotopic (exact) mass is 369 g/mol. The van der Waals surface area contributed by atoms with Gasteiger partial charge in [0.25, 0.3) is 0 Å². The highest BCUT2D eigenvalue weighted by Gasteiger charge is 2.72. The molecule has 6 rings (SSSR count). The molecule has 3 aromatic rings. The van der Waals surface area contributed by atoms with Gasteiger partial charge in [0.2, 0.25) is 0 Å². The van der Waals surface area contributed by atoms with E-state index < -0.39 is 5.60 Å². The van der Waals surface area contributed by atoms with Crippen molar-refractivity contribution in [3.05, 3.63) is 17.6 Å². The molecule has 0 radical (unpaired) electrons. The van der Waals surface area contributed by atoms with Crippen LogP contribution in [0.5, 0.6) is 0 Å². The van der Waals surface area contributed by atoms with E-state index in [0.29, 0.717) is 5.41 Å². The number of nitrogens with zero attached hydrogens (tertiary/aromatic N) is 4. The molecule has 0 unspecified atom stereocenters. The van der Waals surface area contributed by atoms with Crippen molar-refractivity contribution in [3.63, 3.8) is 0 Å². The van der Waals surface area contributed by atoms with Crippen LogP contribution < -0.4 is 5.32 Å². The second kappa shape index (κ2) is 4.89. The van der Waals surface area contributed by atoms with E-state index in [1.165, 1.54) is 0 Å². The SMILES string of the molecule is Cc1nnc2sc3c(NCC45CC(C(C)(C)O)(C4)C5)ncnc3c2c1C. The summed E-state index contributed by atoms with van der Waals surface area (Å²) in [6, 6.07) is 0. The summed E-state index contributed by atoms with van der Waals surface area (Å²) in [4.78, 5) is 9.93. The number of anilines is 1. The minimum atomic E-state index is -0.573. The van der Waals surface area contributed by atoms with Crippen LogP contribution in [0.3, 0.4) is 0 Å². The van der Waals surface area contributed by atoms with Gasteiger partial charge in [-0.1, -0.05) is 0 Å². The Morgan fingerprint density at radius 2 is 1.92 bits per heavy atom. The summed E-state index contributed by atoms with van der Waals surface area (Å²) < 4.78 is 1.05. The fraction of sp³-hybridized carbons (Fsp3) is 0.579. The van der Waals surface area contributed by atoms with E-state index in [1.54, 1.807) is 17.7 Å². The highest BCUT2D eigenvalue weighted by atomic mass is 32.1. The molecule has 0 spiro atoms. The third kappa shape index (κ3) is 2.01. The zero-order chi connectivity index (χ0) is 18.3. The van der Waals surface area contributed by atoms with Crippen molar-refractivity contribution in [2.75, 3.05) is 11.9 Å². The molecule has 3 saturated carbocycles. The molecule has 3 heterocycles. The molecule has 26 heavy (non-hydrogen) atoms. The van der Waals surface area contributed by atoms with E-state index in [4.69, 9.17) is 0 Å². The normalized spacial score (nSPS) is 27.4. The minimum Gasteiger partial charge on any atom is -0.390 e. The Morgan fingerprint density at radius 1 is 1.19 bits per heavy atom. The third-order valence-corrected chi connectivity index (χ3v) is 7.80. The predicted octanol–water partition coefficient (Wildman–Crippen LogP) is 3.60. The Kier molecular flexibility index (Phi) is 3.07. The van der Waals surface area contributed by atoms with Crippen LogP contribution in [0.4, 0.5) is 5.82 Å². The van der Waals surface area contributed by atoms with Crippen molar-refractivity contribution in [2.24, 2.45) is 10.8 Å². The first-order valence-electron chi connectivity index (χ1n) is 9.07. The number of thiophene rings is 1. The van der Waals surface area contributed by atoms with Gasteiger partial charge in [0.1, 0.15) is 17.0 Å². The van der Waals surface area contributed by atoms with Crippen LogP contribution in [0.1, 0.15) is 44.4 Å². The lowest BCUT2D eigenvalue weighted by Crippen LogP contribution is -2.71. The summed E-state index contributed by atoms with van der Waals surface area (Å²) in [5.74, 6) is 0.886. The molecule has 0 aliphatic heterocycles. The van der Waals surface area contributed by atoms with Crippen LogP contribution in [0.15, 0.2) is 6.33 Å². The number of aryl methyl sites for hydroxylation is 2. The van der Waals surface area contributed by atoms with Gasteiger partial charge in [-0.3, -0.25) is 0 Å². The van der Waals surface area contributed by atoms with Crippen LogP contribution >= 0.6 is 11.3 Å². The minimum absolute atomic E-state index is 0.136. The van der Waals surface area contributed by atoms with Gasteiger partial charge in [0.15, 0.2) is 0 Å². The molecule has 3 fully saturated rings. The summed E-state index contributed by atoms with van der Waals surface area (Å²) in [6.45, 7) is 8.84. The highest BCUT2D eigenvalue weighted by molar-refractivity contribution is 7.25. The first kappa shape index (κ1) is 16.3. The standard InChI is InChI=1S/C19H23N5OS/c1-10-11(2)23-24-16-12(10)13-14(26-16)15(22-9-21-13)20-8-18-5-19(6-18,7-18)17(3,4)25/h9,25H,5-8H2,1-4H3,(H,20,21,22). The van der Waals surface area contributed by atoms with Crippen LogP contribution in [0, 0.1) is 24.7 Å². The Morgan fingerprint density at radius 3 is 2.62 bits per heavy atom. The molecule has 6 nitrogen and oxygen atoms in total. The van der Waals surface area contributed by atoms with Crippen molar-refractivity contribution >= 4 is 37.6 Å². The average molecular weight is 369 g/mol. The molecule has 3 aliphatic rings. The predicted molar refractivity (Wildman–Crippen MR) is 103 cm³/mol. The quantitative estimate of drug-likeness (QED) is 0.731. The van der Waals surface area contributed by atoms with Gasteiger partial charge >= 0.3 is 0 Å². The van der Waals surface area contributed by atoms with Gasteiger partial charge in [0, 0.05) is 17.3 Å². The third-order valence-electron chi connectivity index (χ3n) is 6.73. The van der Waals surface area contributed by atoms with E-state index in [1.807, 2.05) is 20.8 Å². The maximum atomic E-state index is 10.4. The van der Waals surface area contributed by atoms with Gasteiger partial charge in [-0.05, 0) is 57.9 Å². The Bertz CT molecular complexity index is 1030. The lowest BCUT2D eigenvalue weighted by Gasteiger charge is -2.75. The second-order valence-electron chi connectivity index (χ2n) is 8.82. The smallest absolute Gasteiger partial charge is 0.149 e. The molecule has 136 valence electrons. The highest BCUT2D eigenvalue weighted by Crippen LogP contribution is 2.76. The van der Waals surface area contributed by atoms with Crippen molar-refractivity contribution in [1.82, 2.24) is 20.2 Å². The molecule has 2 N–H and O–H groups in total. The fourth-order valence-electron chi connectivity index (χ4n) is 4.91. The first-order valence-corrected chi connectivity index (χ1v) is 9.89. The molecule has 3 aromatic heterocycles. The summed E-state index contributed by atoms with van der Waals surface area (Å²) in [7, 11) is 0. The topological polar surface area (TPSA) is 83.8 Å². The average Bonchev–Trinajstić information content (AvgIpc) is 2.87. The zero-order valence-corrected chi connectivity index (χ0v) is 16.4. The molecular weight excluding hydrogens is 346 g/mol. The second-order valence-corrected chi connectivity index (χ2v) is 9.81. The van der Waals surface area contributed by atoms with Crippen LogP contribution in [0.25, 0.3) is 20.4 Å². The largest absolute Gasteiger partial charge is 0.390 e. The molecule has 0 atom stereocenters. The lowest BCUT2D eigenvalue weighted by molar-refractivity contribution is -0.280. The van der Waals surface area contributed by atoms with E-state index in [-0.39, 0.29) is 5.41 Å². The molecule has 0 amide bonds. The van der Waals surface area contributed by atoms with E-state index in [2.05, 4.69) is 32.4 Å². The lowest BCUT2D eigenvalue weighted by atomic mass is 9.31. The molecule has 0 aromatic carbocycles. The Labute approximate surface area is 156 Å². The molecule has 0 saturated heterocycles. The van der Waals surface area contributed by atoms with Gasteiger partial charge in [-0.25, -0.2) is 9.97 Å². The number of aromatic nitrogens is 4. The number of hydrogen-bond donors (Lipinski definition) is 2. The van der Waals surface area contributed by atoms with E-state index >= 15 is 0 Å². The van der Waals surface area contributed by atoms with Gasteiger partial charge in [0.05, 0.1) is 21.5 Å². The Hall–Kier alpha value is -1.86. The maximum absolute atomic E-state index is 10.4. The summed E-state index contributed by atoms with van der Waals surface area (Å²) in [6.07, 6.45) is 4.93. The van der Waals surface area contributed by atoms with Crippen molar-refractivity contribution in [3.8, 4) is 0 Å². The van der Waals surface area contributed by atoms with Crippen LogP contribution in [0.2, 0.25) is 0 Å². The van der Waals surface area contributed by atoms with Crippen LogP contribution in [-0.4, -0.2) is 37.4 Å². The molecular formula is C19H23N5OS. The summed E-state index contributed by atoms with van der Waals surface area (Å²) in [5, 5.41) is 23.6. The number of rotatable bonds is 4. The first-order chi connectivity index (χ1) is 12.2. The van der Waals surface area contributed by atoms with Gasteiger partial charge in [-0.2, -0.15) is 5.10 Å². The summed E-state index contributed by atoms with van der Waals surface area (Å²) in [5.41, 5.74) is 2.92. The zero-order valence-electron chi connectivity index (χ0n) is 15.6. The molecule has 7 heteroatoms. The van der Waals surface area contributed by atoms with Crippen molar-refractivity contribution < 1.29 is 5.11 Å². The van der Waals surface area contributed by atoms with Gasteiger partial charge < -0.3 is 10.4 Å². The number of fused-ring (bicyclic) bond motifs is 3. The van der Waals surface area contributed by atoms with Crippen LogP contribution in [-0.2, 0) is 0 Å². The van der Waals surface area contributed by atoms with Gasteiger partial charge in [-0.15, -0.1) is 16.4 Å². The fourth-order valence-corrected chi connectivity index (χ4v) is 6.01. The number of nitrogens with one attached hydrogen (secondary N) is 1. The molecule has 2 bridgehead atoms. The van der Waals surface area contributed by atoms with Crippen molar-refractivity contribution in [1.29, 1.82) is 0 Å².